The minimum Gasteiger partial charge on any atom is -0.341 e. The lowest BCUT2D eigenvalue weighted by Crippen LogP contribution is -2.52. The predicted octanol–water partition coefficient (Wildman–Crippen LogP) is 1.03. The molecule has 5 nitrogen and oxygen atoms in total. The Morgan fingerprint density at radius 3 is 2.47 bits per heavy atom. The van der Waals surface area contributed by atoms with Crippen molar-refractivity contribution < 1.29 is 14.4 Å². The standard InChI is InChI=1S/C14H14N2O3/c1-3-15-11-12(16-8(2)17)14(19)10-7-5-4-6-9(10)13(11)18/h4-7,12H,3H2,1-2H3,(H,16,17). The molecule has 0 radical (unpaired) electrons. The van der Waals surface area contributed by atoms with E-state index in [0.29, 0.717) is 17.7 Å². The van der Waals surface area contributed by atoms with Crippen LogP contribution in [0.3, 0.4) is 0 Å². The highest BCUT2D eigenvalue weighted by Gasteiger charge is 2.38. The van der Waals surface area contributed by atoms with Gasteiger partial charge in [0.1, 0.15) is 11.8 Å². The number of nitrogens with zero attached hydrogens (tertiary/aromatic N) is 1. The number of hydrogen-bond donors (Lipinski definition) is 1. The van der Waals surface area contributed by atoms with Crippen molar-refractivity contribution in [3.8, 4) is 0 Å². The number of aliphatic imine (C=N–C) groups is 1. The van der Waals surface area contributed by atoms with Crippen LogP contribution >= 0.6 is 0 Å². The average molecular weight is 258 g/mol. The second-order valence-electron chi connectivity index (χ2n) is 4.23. The summed E-state index contributed by atoms with van der Waals surface area (Å²) in [5.41, 5.74) is 0.795. The Labute approximate surface area is 110 Å². The molecule has 0 saturated heterocycles. The van der Waals surface area contributed by atoms with Gasteiger partial charge in [-0.25, -0.2) is 0 Å². The highest BCUT2D eigenvalue weighted by atomic mass is 16.2. The molecule has 0 aromatic heterocycles. The van der Waals surface area contributed by atoms with Crippen molar-refractivity contribution >= 4 is 23.2 Å². The highest BCUT2D eigenvalue weighted by molar-refractivity contribution is 6.55. The molecule has 5 heteroatoms. The molecule has 1 unspecified atom stereocenters. The van der Waals surface area contributed by atoms with Crippen molar-refractivity contribution in [1.82, 2.24) is 5.32 Å². The molecular weight excluding hydrogens is 244 g/mol. The van der Waals surface area contributed by atoms with Gasteiger partial charge in [-0.05, 0) is 6.92 Å². The van der Waals surface area contributed by atoms with Crippen LogP contribution in [-0.4, -0.2) is 35.8 Å². The number of carbonyl (C=O) groups excluding carboxylic acids is 3. The van der Waals surface area contributed by atoms with E-state index < -0.39 is 6.04 Å². The number of amides is 1. The van der Waals surface area contributed by atoms with E-state index in [-0.39, 0.29) is 23.2 Å². The number of benzene rings is 1. The van der Waals surface area contributed by atoms with Crippen LogP contribution in [0.4, 0.5) is 0 Å². The summed E-state index contributed by atoms with van der Waals surface area (Å²) < 4.78 is 0. The summed E-state index contributed by atoms with van der Waals surface area (Å²) in [4.78, 5) is 39.9. The minimum absolute atomic E-state index is 0.112. The maximum absolute atomic E-state index is 12.3. The lowest BCUT2D eigenvalue weighted by Gasteiger charge is -2.24. The zero-order valence-electron chi connectivity index (χ0n) is 10.8. The third-order valence-corrected chi connectivity index (χ3v) is 2.88. The van der Waals surface area contributed by atoms with E-state index in [1.807, 2.05) is 0 Å². The number of rotatable bonds is 2. The first-order valence-corrected chi connectivity index (χ1v) is 6.05. The Morgan fingerprint density at radius 2 is 1.89 bits per heavy atom. The monoisotopic (exact) mass is 258 g/mol. The summed E-state index contributed by atoms with van der Waals surface area (Å²) in [6, 6.07) is 5.61. The molecule has 0 spiro atoms. The van der Waals surface area contributed by atoms with Crippen molar-refractivity contribution in [2.75, 3.05) is 6.54 Å². The smallest absolute Gasteiger partial charge is 0.217 e. The van der Waals surface area contributed by atoms with Gasteiger partial charge >= 0.3 is 0 Å². The number of nitrogens with one attached hydrogen (secondary N) is 1. The van der Waals surface area contributed by atoms with E-state index >= 15 is 0 Å². The normalized spacial score (nSPS) is 20.3. The molecule has 0 bridgehead atoms. The lowest BCUT2D eigenvalue weighted by molar-refractivity contribution is -0.119. The van der Waals surface area contributed by atoms with Gasteiger partial charge in [-0.3, -0.25) is 19.4 Å². The highest BCUT2D eigenvalue weighted by Crippen LogP contribution is 2.20. The van der Waals surface area contributed by atoms with Gasteiger partial charge in [-0.2, -0.15) is 0 Å². The van der Waals surface area contributed by atoms with Gasteiger partial charge < -0.3 is 5.32 Å². The van der Waals surface area contributed by atoms with E-state index in [9.17, 15) is 14.4 Å². The molecule has 1 aromatic carbocycles. The Hall–Kier alpha value is -2.30. The van der Waals surface area contributed by atoms with Crippen molar-refractivity contribution in [1.29, 1.82) is 0 Å². The Balaban J connectivity index is 2.56. The Kier molecular flexibility index (Phi) is 3.55. The van der Waals surface area contributed by atoms with Gasteiger partial charge in [0, 0.05) is 24.6 Å². The molecule has 0 saturated carbocycles. The molecule has 1 aliphatic carbocycles. The summed E-state index contributed by atoms with van der Waals surface area (Å²) >= 11 is 0. The van der Waals surface area contributed by atoms with Crippen LogP contribution in [0.5, 0.6) is 0 Å². The van der Waals surface area contributed by atoms with Crippen LogP contribution in [0.2, 0.25) is 0 Å². The quantitative estimate of drug-likeness (QED) is 0.860. The average Bonchev–Trinajstić information content (AvgIpc) is 2.39. The van der Waals surface area contributed by atoms with E-state index in [1.54, 1.807) is 31.2 Å². The van der Waals surface area contributed by atoms with Crippen LogP contribution < -0.4 is 5.32 Å². The van der Waals surface area contributed by atoms with Crippen LogP contribution in [0, 0.1) is 0 Å². The van der Waals surface area contributed by atoms with Crippen molar-refractivity contribution in [3.05, 3.63) is 35.4 Å². The number of Topliss-reactive ketones (excluding diaryl/α,β-unsaturated/α-hetero) is 2. The van der Waals surface area contributed by atoms with Gasteiger partial charge in [0.2, 0.25) is 11.7 Å². The van der Waals surface area contributed by atoms with Crippen LogP contribution in [0.15, 0.2) is 29.3 Å². The van der Waals surface area contributed by atoms with E-state index in [2.05, 4.69) is 10.3 Å². The van der Waals surface area contributed by atoms with Crippen LogP contribution in [0.1, 0.15) is 34.6 Å². The van der Waals surface area contributed by atoms with Crippen LogP contribution in [-0.2, 0) is 4.79 Å². The molecule has 98 valence electrons. The van der Waals surface area contributed by atoms with Crippen molar-refractivity contribution in [2.24, 2.45) is 4.99 Å². The van der Waals surface area contributed by atoms with Crippen LogP contribution in [0.25, 0.3) is 0 Å². The van der Waals surface area contributed by atoms with Gasteiger partial charge in [0.25, 0.3) is 0 Å². The molecule has 0 heterocycles. The topological polar surface area (TPSA) is 75.6 Å². The molecule has 0 fully saturated rings. The van der Waals surface area contributed by atoms with Gasteiger partial charge in [-0.1, -0.05) is 24.3 Å². The van der Waals surface area contributed by atoms with E-state index in [1.165, 1.54) is 6.92 Å². The first kappa shape index (κ1) is 13.1. The summed E-state index contributed by atoms with van der Waals surface area (Å²) in [6.45, 7) is 3.46. The summed E-state index contributed by atoms with van der Waals surface area (Å²) in [5, 5.41) is 2.50. The van der Waals surface area contributed by atoms with Crippen molar-refractivity contribution in [2.45, 2.75) is 19.9 Å². The third kappa shape index (κ3) is 2.31. The molecule has 1 aliphatic rings. The van der Waals surface area contributed by atoms with E-state index in [4.69, 9.17) is 0 Å². The molecule has 19 heavy (non-hydrogen) atoms. The summed E-state index contributed by atoms with van der Waals surface area (Å²) in [6.07, 6.45) is 0. The number of hydrogen-bond acceptors (Lipinski definition) is 4. The molecule has 1 N–H and O–H groups in total. The predicted molar refractivity (Wildman–Crippen MR) is 70.7 cm³/mol. The maximum atomic E-state index is 12.3. The van der Waals surface area contributed by atoms with Gasteiger partial charge in [-0.15, -0.1) is 0 Å². The molecular formula is C14H14N2O3. The fourth-order valence-corrected chi connectivity index (χ4v) is 2.12. The maximum Gasteiger partial charge on any atom is 0.217 e. The fourth-order valence-electron chi connectivity index (χ4n) is 2.12. The van der Waals surface area contributed by atoms with Gasteiger partial charge in [0.05, 0.1) is 0 Å². The Morgan fingerprint density at radius 1 is 1.26 bits per heavy atom. The minimum atomic E-state index is -0.972. The second kappa shape index (κ2) is 5.14. The molecule has 0 aliphatic heterocycles. The molecule has 1 aromatic rings. The third-order valence-electron chi connectivity index (χ3n) is 2.88. The zero-order valence-corrected chi connectivity index (χ0v) is 10.8. The largest absolute Gasteiger partial charge is 0.341 e. The first-order valence-electron chi connectivity index (χ1n) is 6.05. The number of fused-ring (bicyclic) bond motifs is 1. The molecule has 1 amide bonds. The summed E-state index contributed by atoms with van der Waals surface area (Å²) in [5.74, 6) is -0.956. The molecule has 1 atom stereocenters. The van der Waals surface area contributed by atoms with Crippen molar-refractivity contribution in [3.63, 3.8) is 0 Å². The number of ketones is 2. The summed E-state index contributed by atoms with van der Waals surface area (Å²) in [7, 11) is 0. The molecule has 2 rings (SSSR count). The second-order valence-corrected chi connectivity index (χ2v) is 4.23. The zero-order chi connectivity index (χ0) is 14.0. The fraction of sp³-hybridized carbons (Fsp3) is 0.286. The SMILES string of the molecule is CCN=C1C(=O)c2ccccc2C(=O)C1NC(C)=O. The van der Waals surface area contributed by atoms with E-state index in [0.717, 1.165) is 0 Å². The lowest BCUT2D eigenvalue weighted by atomic mass is 9.84. The Bertz CT molecular complexity index is 590. The first-order chi connectivity index (χ1) is 9.06. The number of carbonyl (C=O) groups is 3. The van der Waals surface area contributed by atoms with Gasteiger partial charge in [0.15, 0.2) is 5.78 Å².